The summed E-state index contributed by atoms with van der Waals surface area (Å²) in [5.74, 6) is -0.363. The summed E-state index contributed by atoms with van der Waals surface area (Å²) in [6.07, 6.45) is 3.27. The van der Waals surface area contributed by atoms with Crippen LogP contribution in [0, 0.1) is 11.6 Å². The average molecular weight is 266 g/mol. The maximum absolute atomic E-state index is 11.6. The van der Waals surface area contributed by atoms with E-state index in [4.69, 9.17) is 17.0 Å². The standard InChI is InChI=1S/C11H10N2O2S2/c1-6-5-17-9(11(14)15-2)7(6)8-10(16)13-4-3-12-8/h3-5H,1-2H3,(H,13,16). The van der Waals surface area contributed by atoms with Crippen molar-refractivity contribution >= 4 is 29.5 Å². The molecule has 4 nitrogen and oxygen atoms in total. The van der Waals surface area contributed by atoms with Gasteiger partial charge in [-0.25, -0.2) is 4.79 Å². The maximum atomic E-state index is 11.6. The van der Waals surface area contributed by atoms with Crippen molar-refractivity contribution in [1.29, 1.82) is 0 Å². The number of hydrogen-bond donors (Lipinski definition) is 1. The molecule has 0 saturated heterocycles. The van der Waals surface area contributed by atoms with E-state index < -0.39 is 0 Å². The molecule has 6 heteroatoms. The van der Waals surface area contributed by atoms with Crippen LogP contribution in [0.1, 0.15) is 15.2 Å². The normalized spacial score (nSPS) is 10.2. The Morgan fingerprint density at radius 1 is 1.59 bits per heavy atom. The molecule has 0 aliphatic heterocycles. The van der Waals surface area contributed by atoms with Crippen molar-refractivity contribution in [2.45, 2.75) is 6.92 Å². The van der Waals surface area contributed by atoms with Crippen molar-refractivity contribution in [1.82, 2.24) is 9.97 Å². The number of nitrogens with one attached hydrogen (secondary N) is 1. The van der Waals surface area contributed by atoms with Gasteiger partial charge in [-0.05, 0) is 17.9 Å². The van der Waals surface area contributed by atoms with Crippen molar-refractivity contribution in [3.8, 4) is 11.3 Å². The highest BCUT2D eigenvalue weighted by molar-refractivity contribution is 7.71. The minimum atomic E-state index is -0.363. The number of H-pyrrole nitrogens is 1. The van der Waals surface area contributed by atoms with Gasteiger partial charge in [0, 0.05) is 18.0 Å². The summed E-state index contributed by atoms with van der Waals surface area (Å²) in [5.41, 5.74) is 2.33. The zero-order valence-electron chi connectivity index (χ0n) is 9.31. The average Bonchev–Trinajstić information content (AvgIpc) is 2.71. The Morgan fingerprint density at radius 3 is 3.00 bits per heavy atom. The molecular formula is C11H10N2O2S2. The molecular weight excluding hydrogens is 256 g/mol. The van der Waals surface area contributed by atoms with Gasteiger partial charge in [-0.1, -0.05) is 12.2 Å². The SMILES string of the molecule is COC(=O)c1scc(C)c1-c1ncc[nH]c1=S. The first-order chi connectivity index (χ1) is 8.15. The molecule has 2 heterocycles. The molecule has 17 heavy (non-hydrogen) atoms. The van der Waals surface area contributed by atoms with Crippen LogP contribution in [0.2, 0.25) is 0 Å². The Kier molecular flexibility index (Phi) is 3.35. The number of rotatable bonds is 2. The molecule has 0 atom stereocenters. The first-order valence-electron chi connectivity index (χ1n) is 4.85. The highest BCUT2D eigenvalue weighted by Crippen LogP contribution is 2.31. The summed E-state index contributed by atoms with van der Waals surface area (Å²) in [7, 11) is 1.36. The summed E-state index contributed by atoms with van der Waals surface area (Å²) >= 11 is 6.51. The number of ether oxygens (including phenoxy) is 1. The zero-order valence-corrected chi connectivity index (χ0v) is 10.9. The number of carbonyl (C=O) groups excluding carboxylic acids is 1. The molecule has 0 fully saturated rings. The second-order valence-electron chi connectivity index (χ2n) is 3.38. The summed E-state index contributed by atoms with van der Waals surface area (Å²) < 4.78 is 5.26. The molecule has 0 bridgehead atoms. The molecule has 0 amide bonds. The van der Waals surface area contributed by atoms with E-state index in [0.29, 0.717) is 15.2 Å². The minimum Gasteiger partial charge on any atom is -0.465 e. The van der Waals surface area contributed by atoms with Gasteiger partial charge in [0.15, 0.2) is 0 Å². The van der Waals surface area contributed by atoms with E-state index in [1.54, 1.807) is 12.4 Å². The van der Waals surface area contributed by atoms with Gasteiger partial charge in [0.05, 0.1) is 7.11 Å². The molecule has 2 rings (SSSR count). The van der Waals surface area contributed by atoms with Crippen molar-refractivity contribution in [3.05, 3.63) is 32.9 Å². The van der Waals surface area contributed by atoms with Crippen molar-refractivity contribution in [3.63, 3.8) is 0 Å². The highest BCUT2D eigenvalue weighted by Gasteiger charge is 2.19. The molecule has 0 saturated carbocycles. The summed E-state index contributed by atoms with van der Waals surface area (Å²) in [6.45, 7) is 1.92. The van der Waals surface area contributed by atoms with Gasteiger partial charge >= 0.3 is 5.97 Å². The third-order valence-electron chi connectivity index (χ3n) is 2.29. The molecule has 0 aromatic carbocycles. The van der Waals surface area contributed by atoms with Gasteiger partial charge in [0.2, 0.25) is 0 Å². The molecule has 88 valence electrons. The van der Waals surface area contributed by atoms with Crippen LogP contribution in [0.15, 0.2) is 17.8 Å². The van der Waals surface area contributed by atoms with E-state index >= 15 is 0 Å². The lowest BCUT2D eigenvalue weighted by Crippen LogP contribution is -2.01. The van der Waals surface area contributed by atoms with Gasteiger partial charge in [0.1, 0.15) is 15.2 Å². The molecule has 0 radical (unpaired) electrons. The third-order valence-corrected chi connectivity index (χ3v) is 3.68. The summed E-state index contributed by atoms with van der Waals surface area (Å²) in [6, 6.07) is 0. The van der Waals surface area contributed by atoms with Gasteiger partial charge in [0.25, 0.3) is 0 Å². The smallest absolute Gasteiger partial charge is 0.348 e. The Balaban J connectivity index is 2.67. The van der Waals surface area contributed by atoms with E-state index in [2.05, 4.69) is 9.97 Å². The quantitative estimate of drug-likeness (QED) is 0.670. The van der Waals surface area contributed by atoms with Crippen LogP contribution in [0.25, 0.3) is 11.3 Å². The van der Waals surface area contributed by atoms with Crippen LogP contribution in [0.4, 0.5) is 0 Å². The predicted molar refractivity (Wildman–Crippen MR) is 68.8 cm³/mol. The molecule has 0 spiro atoms. The summed E-state index contributed by atoms with van der Waals surface area (Å²) in [5, 5.41) is 1.89. The monoisotopic (exact) mass is 266 g/mol. The molecule has 1 N–H and O–H groups in total. The van der Waals surface area contributed by atoms with E-state index in [0.717, 1.165) is 11.1 Å². The number of carbonyl (C=O) groups is 1. The minimum absolute atomic E-state index is 0.363. The number of aryl methyl sites for hydroxylation is 1. The lowest BCUT2D eigenvalue weighted by Gasteiger charge is -2.03. The number of methoxy groups -OCH3 is 1. The van der Waals surface area contributed by atoms with Crippen molar-refractivity contribution in [2.24, 2.45) is 0 Å². The van der Waals surface area contributed by atoms with Gasteiger partial charge in [-0.15, -0.1) is 11.3 Å². The number of aromatic amines is 1. The van der Waals surface area contributed by atoms with Crippen molar-refractivity contribution < 1.29 is 9.53 Å². The van der Waals surface area contributed by atoms with Crippen LogP contribution < -0.4 is 0 Å². The molecule has 0 aliphatic carbocycles. The largest absolute Gasteiger partial charge is 0.465 e. The Hall–Kier alpha value is -1.53. The van der Waals surface area contributed by atoms with Gasteiger partial charge in [-0.3, -0.25) is 4.98 Å². The Morgan fingerprint density at radius 2 is 2.35 bits per heavy atom. The third kappa shape index (κ3) is 2.13. The number of thiophene rings is 1. The van der Waals surface area contributed by atoms with Crippen LogP contribution >= 0.6 is 23.6 Å². The van der Waals surface area contributed by atoms with E-state index in [1.807, 2.05) is 12.3 Å². The second kappa shape index (κ2) is 4.77. The van der Waals surface area contributed by atoms with Crippen LogP contribution in [-0.4, -0.2) is 23.0 Å². The topological polar surface area (TPSA) is 55.0 Å². The van der Waals surface area contributed by atoms with Crippen LogP contribution in [0.5, 0.6) is 0 Å². The molecule has 0 unspecified atom stereocenters. The first kappa shape index (κ1) is 11.9. The fraction of sp³-hybridized carbons (Fsp3) is 0.182. The van der Waals surface area contributed by atoms with E-state index in [-0.39, 0.29) is 5.97 Å². The number of nitrogens with zero attached hydrogens (tertiary/aromatic N) is 1. The molecule has 0 aliphatic rings. The summed E-state index contributed by atoms with van der Waals surface area (Å²) in [4.78, 5) is 19.3. The van der Waals surface area contributed by atoms with E-state index in [9.17, 15) is 4.79 Å². The number of aromatic nitrogens is 2. The lowest BCUT2D eigenvalue weighted by atomic mass is 10.1. The second-order valence-corrected chi connectivity index (χ2v) is 4.67. The highest BCUT2D eigenvalue weighted by atomic mass is 32.1. The molecule has 2 aromatic heterocycles. The van der Waals surface area contributed by atoms with E-state index in [1.165, 1.54) is 18.4 Å². The van der Waals surface area contributed by atoms with Crippen LogP contribution in [0.3, 0.4) is 0 Å². The van der Waals surface area contributed by atoms with Crippen molar-refractivity contribution in [2.75, 3.05) is 7.11 Å². The van der Waals surface area contributed by atoms with Gasteiger partial charge in [-0.2, -0.15) is 0 Å². The maximum Gasteiger partial charge on any atom is 0.348 e. The first-order valence-corrected chi connectivity index (χ1v) is 6.14. The lowest BCUT2D eigenvalue weighted by molar-refractivity contribution is 0.0607. The Labute approximate surface area is 107 Å². The predicted octanol–water partition coefficient (Wildman–Crippen LogP) is 2.96. The molecule has 2 aromatic rings. The number of hydrogen-bond acceptors (Lipinski definition) is 5. The van der Waals surface area contributed by atoms with Crippen LogP contribution in [-0.2, 0) is 4.74 Å². The Bertz CT molecular complexity index is 616. The number of esters is 1. The fourth-order valence-corrected chi connectivity index (χ4v) is 2.70. The van der Waals surface area contributed by atoms with Gasteiger partial charge < -0.3 is 9.72 Å². The zero-order chi connectivity index (χ0) is 12.4. The fourth-order valence-electron chi connectivity index (χ4n) is 1.51.